The normalized spacial score (nSPS) is 10.9. The van der Waals surface area contributed by atoms with Crippen LogP contribution in [-0.4, -0.2) is 20.9 Å². The van der Waals surface area contributed by atoms with Gasteiger partial charge < -0.3 is 5.11 Å². The molecule has 5 heteroatoms. The smallest absolute Gasteiger partial charge is 0.340 e. The first kappa shape index (κ1) is 11.0. The molecule has 14 heavy (non-hydrogen) atoms. The Balaban J connectivity index is 3.15. The van der Waals surface area contributed by atoms with Crippen LogP contribution in [0, 0.1) is 5.92 Å². The van der Waals surface area contributed by atoms with Gasteiger partial charge in [-0.2, -0.15) is 5.10 Å². The van der Waals surface area contributed by atoms with Gasteiger partial charge in [-0.25, -0.2) is 4.79 Å². The molecule has 1 aromatic rings. The summed E-state index contributed by atoms with van der Waals surface area (Å²) in [6, 6.07) is 0. The van der Waals surface area contributed by atoms with E-state index in [4.69, 9.17) is 16.7 Å². The van der Waals surface area contributed by atoms with Crippen molar-refractivity contribution in [2.75, 3.05) is 0 Å². The quantitative estimate of drug-likeness (QED) is 0.841. The van der Waals surface area contributed by atoms with Gasteiger partial charge in [0.25, 0.3) is 0 Å². The molecule has 1 aromatic heterocycles. The highest BCUT2D eigenvalue weighted by Crippen LogP contribution is 2.21. The molecule has 0 aromatic carbocycles. The van der Waals surface area contributed by atoms with E-state index in [2.05, 4.69) is 5.10 Å². The fourth-order valence-corrected chi connectivity index (χ4v) is 1.52. The first-order valence-corrected chi connectivity index (χ1v) is 4.76. The van der Waals surface area contributed by atoms with E-state index in [0.717, 1.165) is 0 Å². The van der Waals surface area contributed by atoms with E-state index in [1.807, 2.05) is 13.8 Å². The van der Waals surface area contributed by atoms with Crippen LogP contribution in [0.2, 0.25) is 5.15 Å². The number of carboxylic acids is 1. The molecule has 0 unspecified atom stereocenters. The highest BCUT2D eigenvalue weighted by Gasteiger charge is 2.20. The number of rotatable bonds is 3. The Bertz CT molecular complexity index is 358. The minimum Gasteiger partial charge on any atom is -0.478 e. The van der Waals surface area contributed by atoms with Gasteiger partial charge in [0.05, 0.1) is 5.69 Å². The number of carbonyl (C=O) groups is 1. The molecule has 0 aliphatic rings. The average Bonchev–Trinajstić information content (AvgIpc) is 2.26. The summed E-state index contributed by atoms with van der Waals surface area (Å²) in [7, 11) is 1.64. The zero-order valence-electron chi connectivity index (χ0n) is 8.41. The Kier molecular flexibility index (Phi) is 3.16. The second-order valence-electron chi connectivity index (χ2n) is 3.64. The van der Waals surface area contributed by atoms with Crippen molar-refractivity contribution in [2.24, 2.45) is 13.0 Å². The van der Waals surface area contributed by atoms with Crippen LogP contribution in [0.15, 0.2) is 0 Å². The molecule has 4 nitrogen and oxygen atoms in total. The number of hydrogen-bond acceptors (Lipinski definition) is 2. The van der Waals surface area contributed by atoms with Crippen LogP contribution in [-0.2, 0) is 13.5 Å². The predicted octanol–water partition coefficient (Wildman–Crippen LogP) is 1.97. The second kappa shape index (κ2) is 4.00. The van der Waals surface area contributed by atoms with E-state index in [1.54, 1.807) is 7.05 Å². The van der Waals surface area contributed by atoms with Gasteiger partial charge >= 0.3 is 5.97 Å². The van der Waals surface area contributed by atoms with Crippen molar-refractivity contribution in [3.05, 3.63) is 16.4 Å². The zero-order valence-corrected chi connectivity index (χ0v) is 9.17. The van der Waals surface area contributed by atoms with Crippen molar-refractivity contribution in [3.63, 3.8) is 0 Å². The summed E-state index contributed by atoms with van der Waals surface area (Å²) >= 11 is 5.81. The molecule has 0 amide bonds. The van der Waals surface area contributed by atoms with Crippen LogP contribution in [0.1, 0.15) is 29.9 Å². The fourth-order valence-electron chi connectivity index (χ4n) is 1.30. The van der Waals surface area contributed by atoms with Crippen molar-refractivity contribution in [3.8, 4) is 0 Å². The monoisotopic (exact) mass is 216 g/mol. The first-order valence-electron chi connectivity index (χ1n) is 4.38. The maximum atomic E-state index is 10.9. The van der Waals surface area contributed by atoms with Crippen LogP contribution in [0.4, 0.5) is 0 Å². The molecule has 0 spiro atoms. The van der Waals surface area contributed by atoms with Gasteiger partial charge in [0, 0.05) is 7.05 Å². The molecule has 0 saturated heterocycles. The van der Waals surface area contributed by atoms with Crippen molar-refractivity contribution < 1.29 is 9.90 Å². The Labute approximate surface area is 87.5 Å². The number of nitrogens with zero attached hydrogens (tertiary/aromatic N) is 2. The topological polar surface area (TPSA) is 55.1 Å². The maximum absolute atomic E-state index is 10.9. The van der Waals surface area contributed by atoms with E-state index in [1.165, 1.54) is 4.68 Å². The fraction of sp³-hybridized carbons (Fsp3) is 0.556. The Morgan fingerprint density at radius 3 is 2.64 bits per heavy atom. The van der Waals surface area contributed by atoms with Crippen LogP contribution in [0.3, 0.4) is 0 Å². The third-order valence-electron chi connectivity index (χ3n) is 1.87. The molecule has 0 fully saturated rings. The molecular weight excluding hydrogens is 204 g/mol. The van der Waals surface area contributed by atoms with Crippen LogP contribution < -0.4 is 0 Å². The largest absolute Gasteiger partial charge is 0.478 e. The Hall–Kier alpha value is -1.03. The number of hydrogen-bond donors (Lipinski definition) is 1. The summed E-state index contributed by atoms with van der Waals surface area (Å²) < 4.78 is 1.39. The number of carboxylic acid groups (broad SMARTS) is 1. The maximum Gasteiger partial charge on any atom is 0.340 e. The number of aryl methyl sites for hydroxylation is 1. The lowest BCUT2D eigenvalue weighted by atomic mass is 10.1. The summed E-state index contributed by atoms with van der Waals surface area (Å²) in [6.45, 7) is 4.02. The second-order valence-corrected chi connectivity index (χ2v) is 4.00. The van der Waals surface area contributed by atoms with Crippen LogP contribution in [0.5, 0.6) is 0 Å². The highest BCUT2D eigenvalue weighted by atomic mass is 35.5. The number of halogens is 1. The lowest BCUT2D eigenvalue weighted by Gasteiger charge is -2.01. The van der Waals surface area contributed by atoms with Crippen molar-refractivity contribution >= 4 is 17.6 Å². The van der Waals surface area contributed by atoms with Crippen molar-refractivity contribution in [1.82, 2.24) is 9.78 Å². The van der Waals surface area contributed by atoms with Crippen molar-refractivity contribution in [1.29, 1.82) is 0 Å². The molecule has 0 atom stereocenters. The van der Waals surface area contributed by atoms with Crippen LogP contribution >= 0.6 is 11.6 Å². The lowest BCUT2D eigenvalue weighted by Crippen LogP contribution is -2.03. The van der Waals surface area contributed by atoms with E-state index in [0.29, 0.717) is 18.0 Å². The summed E-state index contributed by atoms with van der Waals surface area (Å²) in [5.74, 6) is -0.655. The van der Waals surface area contributed by atoms with Crippen molar-refractivity contribution in [2.45, 2.75) is 20.3 Å². The van der Waals surface area contributed by atoms with Gasteiger partial charge in [-0.05, 0) is 12.3 Å². The van der Waals surface area contributed by atoms with Gasteiger partial charge in [0.2, 0.25) is 0 Å². The van der Waals surface area contributed by atoms with Gasteiger partial charge in [-0.15, -0.1) is 0 Å². The molecule has 0 radical (unpaired) electrons. The molecule has 1 heterocycles. The number of aromatic nitrogens is 2. The predicted molar refractivity (Wildman–Crippen MR) is 53.7 cm³/mol. The Morgan fingerprint density at radius 2 is 2.21 bits per heavy atom. The molecular formula is C9H13ClN2O2. The summed E-state index contributed by atoms with van der Waals surface area (Å²) in [5.41, 5.74) is 0.683. The van der Waals surface area contributed by atoms with Gasteiger partial charge in [0.1, 0.15) is 10.7 Å². The molecule has 1 rings (SSSR count). The number of aromatic carboxylic acids is 1. The molecule has 0 saturated carbocycles. The summed E-state index contributed by atoms with van der Waals surface area (Å²) in [4.78, 5) is 10.9. The molecule has 1 N–H and O–H groups in total. The lowest BCUT2D eigenvalue weighted by molar-refractivity contribution is 0.0695. The molecule has 0 aliphatic carbocycles. The molecule has 0 aliphatic heterocycles. The van der Waals surface area contributed by atoms with E-state index in [-0.39, 0.29) is 10.7 Å². The Morgan fingerprint density at radius 1 is 1.64 bits per heavy atom. The van der Waals surface area contributed by atoms with E-state index < -0.39 is 5.97 Å². The van der Waals surface area contributed by atoms with Gasteiger partial charge in [-0.3, -0.25) is 4.68 Å². The third-order valence-corrected chi connectivity index (χ3v) is 2.30. The molecule has 78 valence electrons. The zero-order chi connectivity index (χ0) is 10.9. The molecule has 0 bridgehead atoms. The van der Waals surface area contributed by atoms with E-state index in [9.17, 15) is 4.79 Å². The minimum atomic E-state index is -1.02. The van der Waals surface area contributed by atoms with E-state index >= 15 is 0 Å². The summed E-state index contributed by atoms with van der Waals surface area (Å²) in [6.07, 6.45) is 0.627. The summed E-state index contributed by atoms with van der Waals surface area (Å²) in [5, 5.41) is 13.2. The van der Waals surface area contributed by atoms with Crippen LogP contribution in [0.25, 0.3) is 0 Å². The minimum absolute atomic E-state index is 0.128. The SMILES string of the molecule is CC(C)Cc1nn(C)c(Cl)c1C(=O)O. The standard InChI is InChI=1S/C9H13ClN2O2/c1-5(2)4-6-7(9(13)14)8(10)12(3)11-6/h5H,4H2,1-3H3,(H,13,14). The third kappa shape index (κ3) is 2.07. The first-order chi connectivity index (χ1) is 6.43. The van der Waals surface area contributed by atoms with Gasteiger partial charge in [-0.1, -0.05) is 25.4 Å². The van der Waals surface area contributed by atoms with Gasteiger partial charge in [0.15, 0.2) is 0 Å². The average molecular weight is 217 g/mol. The highest BCUT2D eigenvalue weighted by molar-refractivity contribution is 6.32.